The van der Waals surface area contributed by atoms with Crippen LogP contribution in [0.4, 0.5) is 11.8 Å². The highest BCUT2D eigenvalue weighted by atomic mass is 16.5. The van der Waals surface area contributed by atoms with Gasteiger partial charge in [-0.2, -0.15) is 4.98 Å². The van der Waals surface area contributed by atoms with E-state index in [0.717, 1.165) is 22.0 Å². The van der Waals surface area contributed by atoms with Gasteiger partial charge in [0, 0.05) is 24.9 Å². The molecular formula is C15H15N5O. The summed E-state index contributed by atoms with van der Waals surface area (Å²) in [5, 5.41) is 3.73. The normalized spacial score (nSPS) is 10.6. The molecule has 0 radical (unpaired) electrons. The Bertz CT molecular complexity index is 786. The summed E-state index contributed by atoms with van der Waals surface area (Å²) in [5.74, 6) is 1.52. The van der Waals surface area contributed by atoms with Crippen LogP contribution in [0.1, 0.15) is 0 Å². The van der Waals surface area contributed by atoms with E-state index in [1.165, 1.54) is 0 Å². The first kappa shape index (κ1) is 13.1. The molecule has 2 heterocycles. The van der Waals surface area contributed by atoms with Crippen molar-refractivity contribution >= 4 is 22.7 Å². The third kappa shape index (κ3) is 2.31. The summed E-state index contributed by atoms with van der Waals surface area (Å²) >= 11 is 0. The zero-order valence-electron chi connectivity index (χ0n) is 11.8. The van der Waals surface area contributed by atoms with Gasteiger partial charge in [-0.15, -0.1) is 0 Å². The van der Waals surface area contributed by atoms with Crippen molar-refractivity contribution in [2.24, 2.45) is 0 Å². The minimum Gasteiger partial charge on any atom is -0.481 e. The second kappa shape index (κ2) is 5.24. The minimum atomic E-state index is 0.441. The SMILES string of the molecule is CNc1nc(N)c2c(-c3ccc(OC)nc3)cccc2n1. The van der Waals surface area contributed by atoms with Gasteiger partial charge in [0.15, 0.2) is 0 Å². The average molecular weight is 281 g/mol. The lowest BCUT2D eigenvalue weighted by Gasteiger charge is -2.10. The number of fused-ring (bicyclic) bond motifs is 1. The minimum absolute atomic E-state index is 0.441. The Labute approximate surface area is 122 Å². The molecule has 106 valence electrons. The zero-order chi connectivity index (χ0) is 14.8. The number of nitrogens with zero attached hydrogens (tertiary/aromatic N) is 3. The molecule has 0 amide bonds. The molecule has 2 aromatic heterocycles. The molecule has 0 aliphatic carbocycles. The lowest BCUT2D eigenvalue weighted by Crippen LogP contribution is -2.02. The smallest absolute Gasteiger partial charge is 0.224 e. The highest BCUT2D eigenvalue weighted by Gasteiger charge is 2.11. The third-order valence-corrected chi connectivity index (χ3v) is 3.23. The molecule has 0 spiro atoms. The number of rotatable bonds is 3. The maximum absolute atomic E-state index is 6.09. The van der Waals surface area contributed by atoms with Crippen LogP contribution in [0.5, 0.6) is 5.88 Å². The topological polar surface area (TPSA) is 86.0 Å². The van der Waals surface area contributed by atoms with Crippen molar-refractivity contribution in [1.82, 2.24) is 15.0 Å². The molecule has 3 N–H and O–H groups in total. The average Bonchev–Trinajstić information content (AvgIpc) is 2.54. The van der Waals surface area contributed by atoms with Crippen LogP contribution in [-0.2, 0) is 0 Å². The summed E-state index contributed by atoms with van der Waals surface area (Å²) in [4.78, 5) is 12.9. The molecule has 0 bridgehead atoms. The van der Waals surface area contributed by atoms with E-state index in [4.69, 9.17) is 10.5 Å². The first-order chi connectivity index (χ1) is 10.2. The highest BCUT2D eigenvalue weighted by molar-refractivity contribution is 6.01. The Morgan fingerprint density at radius 3 is 2.67 bits per heavy atom. The summed E-state index contributed by atoms with van der Waals surface area (Å²) in [6, 6.07) is 9.58. The van der Waals surface area contributed by atoms with Crippen LogP contribution >= 0.6 is 0 Å². The van der Waals surface area contributed by atoms with Crippen LogP contribution in [0, 0.1) is 0 Å². The van der Waals surface area contributed by atoms with Crippen LogP contribution in [0.2, 0.25) is 0 Å². The van der Waals surface area contributed by atoms with Crippen molar-refractivity contribution in [3.05, 3.63) is 36.5 Å². The molecule has 0 aliphatic rings. The van der Waals surface area contributed by atoms with Crippen molar-refractivity contribution in [3.63, 3.8) is 0 Å². The number of anilines is 2. The first-order valence-corrected chi connectivity index (χ1v) is 6.47. The number of hydrogen-bond acceptors (Lipinski definition) is 6. The fraction of sp³-hybridized carbons (Fsp3) is 0.133. The molecule has 1 aromatic carbocycles. The van der Waals surface area contributed by atoms with E-state index >= 15 is 0 Å². The fourth-order valence-electron chi connectivity index (χ4n) is 2.22. The standard InChI is InChI=1S/C15H15N5O/c1-17-15-19-11-5-3-4-10(13(11)14(16)20-15)9-6-7-12(21-2)18-8-9/h3-8H,1-2H3,(H3,16,17,19,20). The van der Waals surface area contributed by atoms with Crippen LogP contribution < -0.4 is 15.8 Å². The van der Waals surface area contributed by atoms with Gasteiger partial charge in [0.2, 0.25) is 11.8 Å². The van der Waals surface area contributed by atoms with Crippen LogP contribution in [0.25, 0.3) is 22.0 Å². The number of benzene rings is 1. The van der Waals surface area contributed by atoms with Crippen LogP contribution in [0.3, 0.4) is 0 Å². The number of hydrogen-bond donors (Lipinski definition) is 2. The Hall–Kier alpha value is -2.89. The number of nitrogens with two attached hydrogens (primary N) is 1. The predicted octanol–water partition coefficient (Wildman–Crippen LogP) is 2.32. The number of methoxy groups -OCH3 is 1. The van der Waals surface area contributed by atoms with Gasteiger partial charge in [-0.25, -0.2) is 9.97 Å². The van der Waals surface area contributed by atoms with Crippen molar-refractivity contribution in [2.75, 3.05) is 25.2 Å². The zero-order valence-corrected chi connectivity index (χ0v) is 11.8. The van der Waals surface area contributed by atoms with E-state index in [0.29, 0.717) is 17.6 Å². The summed E-state index contributed by atoms with van der Waals surface area (Å²) in [6.45, 7) is 0. The number of pyridine rings is 1. The lowest BCUT2D eigenvalue weighted by atomic mass is 10.0. The molecule has 6 heteroatoms. The Morgan fingerprint density at radius 2 is 2.00 bits per heavy atom. The highest BCUT2D eigenvalue weighted by Crippen LogP contribution is 2.31. The van der Waals surface area contributed by atoms with Gasteiger partial charge >= 0.3 is 0 Å². The van der Waals surface area contributed by atoms with Gasteiger partial charge in [0.25, 0.3) is 0 Å². The molecule has 0 atom stereocenters. The summed E-state index contributed by atoms with van der Waals surface area (Å²) in [6.07, 6.45) is 1.75. The molecule has 6 nitrogen and oxygen atoms in total. The van der Waals surface area contributed by atoms with Crippen molar-refractivity contribution in [1.29, 1.82) is 0 Å². The van der Waals surface area contributed by atoms with E-state index in [-0.39, 0.29) is 0 Å². The Balaban J connectivity index is 2.22. The summed E-state index contributed by atoms with van der Waals surface area (Å²) < 4.78 is 5.08. The predicted molar refractivity (Wildman–Crippen MR) is 83.3 cm³/mol. The molecule has 0 aliphatic heterocycles. The first-order valence-electron chi connectivity index (χ1n) is 6.47. The van der Waals surface area contributed by atoms with E-state index in [9.17, 15) is 0 Å². The number of ether oxygens (including phenoxy) is 1. The van der Waals surface area contributed by atoms with Gasteiger partial charge in [0.1, 0.15) is 5.82 Å². The monoisotopic (exact) mass is 281 g/mol. The third-order valence-electron chi connectivity index (χ3n) is 3.23. The van der Waals surface area contributed by atoms with E-state index < -0.39 is 0 Å². The van der Waals surface area contributed by atoms with Gasteiger partial charge in [0.05, 0.1) is 18.0 Å². The maximum Gasteiger partial charge on any atom is 0.224 e. The molecule has 3 rings (SSSR count). The number of nitrogen functional groups attached to an aromatic ring is 1. The molecule has 21 heavy (non-hydrogen) atoms. The quantitative estimate of drug-likeness (QED) is 0.766. The fourth-order valence-corrected chi connectivity index (χ4v) is 2.22. The number of nitrogens with one attached hydrogen (secondary N) is 1. The van der Waals surface area contributed by atoms with Gasteiger partial charge in [-0.3, -0.25) is 0 Å². The number of aromatic nitrogens is 3. The second-order valence-corrected chi connectivity index (χ2v) is 4.47. The van der Waals surface area contributed by atoms with Gasteiger partial charge < -0.3 is 15.8 Å². The van der Waals surface area contributed by atoms with Crippen molar-refractivity contribution in [2.45, 2.75) is 0 Å². The lowest BCUT2D eigenvalue weighted by molar-refractivity contribution is 0.398. The van der Waals surface area contributed by atoms with E-state index in [1.54, 1.807) is 20.4 Å². The Kier molecular flexibility index (Phi) is 3.27. The molecular weight excluding hydrogens is 266 g/mol. The van der Waals surface area contributed by atoms with E-state index in [1.807, 2.05) is 30.3 Å². The van der Waals surface area contributed by atoms with Crippen molar-refractivity contribution < 1.29 is 4.74 Å². The maximum atomic E-state index is 6.09. The van der Waals surface area contributed by atoms with Crippen LogP contribution in [0.15, 0.2) is 36.5 Å². The van der Waals surface area contributed by atoms with Crippen molar-refractivity contribution in [3.8, 4) is 17.0 Å². The molecule has 0 saturated heterocycles. The van der Waals surface area contributed by atoms with Gasteiger partial charge in [-0.05, 0) is 17.7 Å². The molecule has 0 saturated carbocycles. The van der Waals surface area contributed by atoms with Gasteiger partial charge in [-0.1, -0.05) is 12.1 Å². The molecule has 0 fully saturated rings. The second-order valence-electron chi connectivity index (χ2n) is 4.47. The van der Waals surface area contributed by atoms with E-state index in [2.05, 4.69) is 20.3 Å². The largest absolute Gasteiger partial charge is 0.481 e. The Morgan fingerprint density at radius 1 is 1.14 bits per heavy atom. The summed E-state index contributed by atoms with van der Waals surface area (Å²) in [7, 11) is 3.35. The molecule has 0 unspecified atom stereocenters. The summed E-state index contributed by atoms with van der Waals surface area (Å²) in [5.41, 5.74) is 8.77. The van der Waals surface area contributed by atoms with Crippen LogP contribution in [-0.4, -0.2) is 29.1 Å². The molecule has 3 aromatic rings.